The summed E-state index contributed by atoms with van der Waals surface area (Å²) in [5.74, 6) is 0. The van der Waals surface area contributed by atoms with Crippen molar-refractivity contribution >= 4 is 56.1 Å². The first-order chi connectivity index (χ1) is 14.5. The Morgan fingerprint density at radius 2 is 2.00 bits per heavy atom. The molecule has 0 amide bonds. The molecule has 8 heteroatoms. The average molecular weight is 501 g/mol. The normalized spacial score (nSPS) is 12.1. The second-order valence-corrected chi connectivity index (χ2v) is 8.52. The van der Waals surface area contributed by atoms with Crippen molar-refractivity contribution in [2.45, 2.75) is 6.54 Å². The number of allylic oxidation sites excluding steroid dienone is 1. The average Bonchev–Trinajstić information content (AvgIpc) is 3.12. The Balaban J connectivity index is 1.78. The van der Waals surface area contributed by atoms with Crippen LogP contribution in [-0.4, -0.2) is 10.8 Å². The first-order valence-corrected chi connectivity index (χ1v) is 11.0. The van der Waals surface area contributed by atoms with Crippen LogP contribution in [0.5, 0.6) is 0 Å². The highest BCUT2D eigenvalue weighted by atomic mass is 79.9. The largest absolute Gasteiger partial charge is 0.422 e. The summed E-state index contributed by atoms with van der Waals surface area (Å²) in [5.41, 5.74) is 2.18. The lowest BCUT2D eigenvalue weighted by atomic mass is 10.1. The number of fused-ring (bicyclic) bond motifs is 1. The molecule has 0 N–H and O–H groups in total. The predicted molar refractivity (Wildman–Crippen MR) is 126 cm³/mol. The molecule has 5 nitrogen and oxygen atoms in total. The molecular formula is C22H15BrClN3O2S. The molecular weight excluding hydrogens is 486 g/mol. The zero-order valence-corrected chi connectivity index (χ0v) is 18.7. The molecule has 4 aromatic rings. The van der Waals surface area contributed by atoms with Crippen molar-refractivity contribution in [3.8, 4) is 11.3 Å². The van der Waals surface area contributed by atoms with E-state index in [0.717, 1.165) is 15.4 Å². The molecule has 30 heavy (non-hydrogen) atoms. The minimum Gasteiger partial charge on any atom is -0.422 e. The molecule has 2 heterocycles. The van der Waals surface area contributed by atoms with Gasteiger partial charge in [0.25, 0.3) is 0 Å². The highest BCUT2D eigenvalue weighted by Crippen LogP contribution is 2.24. The molecule has 0 aliphatic carbocycles. The topological polar surface area (TPSA) is 59.9 Å². The molecule has 0 fully saturated rings. The first-order valence-electron chi connectivity index (χ1n) is 8.91. The Morgan fingerprint density at radius 3 is 2.77 bits per heavy atom. The molecule has 0 atom stereocenters. The van der Waals surface area contributed by atoms with Gasteiger partial charge in [0.15, 0.2) is 0 Å². The van der Waals surface area contributed by atoms with E-state index in [1.54, 1.807) is 30.5 Å². The summed E-state index contributed by atoms with van der Waals surface area (Å²) in [6.07, 6.45) is 3.40. The van der Waals surface area contributed by atoms with Crippen LogP contribution in [0, 0.1) is 0 Å². The number of hydrogen-bond donors (Lipinski definition) is 0. The van der Waals surface area contributed by atoms with Crippen molar-refractivity contribution in [1.29, 1.82) is 0 Å². The number of halogens is 2. The number of aromatic nitrogens is 1. The lowest BCUT2D eigenvalue weighted by Crippen LogP contribution is -2.17. The fraction of sp³-hybridized carbons (Fsp3) is 0.0455. The van der Waals surface area contributed by atoms with Crippen LogP contribution in [0.15, 0.2) is 90.5 Å². The summed E-state index contributed by atoms with van der Waals surface area (Å²) in [4.78, 5) is 13.3. The van der Waals surface area contributed by atoms with Gasteiger partial charge in [0.2, 0.25) is 4.80 Å². The van der Waals surface area contributed by atoms with E-state index >= 15 is 0 Å². The summed E-state index contributed by atoms with van der Waals surface area (Å²) in [7, 11) is 0. The summed E-state index contributed by atoms with van der Waals surface area (Å²) in [6.45, 7) is 4.29. The Morgan fingerprint density at radius 1 is 1.20 bits per heavy atom. The van der Waals surface area contributed by atoms with Gasteiger partial charge in [-0.25, -0.2) is 4.79 Å². The Bertz CT molecular complexity index is 1380. The molecule has 0 aliphatic rings. The predicted octanol–water partition coefficient (Wildman–Crippen LogP) is 5.86. The van der Waals surface area contributed by atoms with Gasteiger partial charge in [-0.2, -0.15) is 5.10 Å². The van der Waals surface area contributed by atoms with Gasteiger partial charge in [0.05, 0.1) is 17.5 Å². The second kappa shape index (κ2) is 8.95. The van der Waals surface area contributed by atoms with Crippen molar-refractivity contribution < 1.29 is 4.42 Å². The van der Waals surface area contributed by atoms with E-state index in [0.29, 0.717) is 33.2 Å². The standard InChI is InChI=1S/C22H15BrClN3O2S/c1-2-9-27-19(18-11-15-10-16(23)5-8-20(15)29-21(18)28)13-30-22(27)26-25-12-14-3-6-17(24)7-4-14/h2-8,10-13H,1,9H2/b25-12+,26-22+. The van der Waals surface area contributed by atoms with Crippen LogP contribution in [0.1, 0.15) is 5.56 Å². The van der Waals surface area contributed by atoms with Crippen LogP contribution in [0.4, 0.5) is 0 Å². The molecule has 2 aromatic heterocycles. The molecule has 4 rings (SSSR count). The minimum atomic E-state index is -0.406. The summed E-state index contributed by atoms with van der Waals surface area (Å²) in [6, 6.07) is 14.6. The van der Waals surface area contributed by atoms with Gasteiger partial charge in [-0.1, -0.05) is 45.7 Å². The van der Waals surface area contributed by atoms with Gasteiger partial charge in [-0.3, -0.25) is 0 Å². The van der Waals surface area contributed by atoms with Gasteiger partial charge in [0, 0.05) is 26.8 Å². The third-order valence-electron chi connectivity index (χ3n) is 4.30. The number of hydrogen-bond acceptors (Lipinski definition) is 5. The van der Waals surface area contributed by atoms with Crippen LogP contribution < -0.4 is 10.4 Å². The molecule has 0 bridgehead atoms. The summed E-state index contributed by atoms with van der Waals surface area (Å²) >= 11 is 10.7. The lowest BCUT2D eigenvalue weighted by Gasteiger charge is -2.06. The molecule has 150 valence electrons. The Kier molecular flexibility index (Phi) is 6.13. The smallest absolute Gasteiger partial charge is 0.345 e. The van der Waals surface area contributed by atoms with Crippen LogP contribution in [0.25, 0.3) is 22.2 Å². The first kappa shape index (κ1) is 20.5. The van der Waals surface area contributed by atoms with Crippen molar-refractivity contribution in [3.05, 3.63) is 96.8 Å². The fourth-order valence-corrected chi connectivity index (χ4v) is 4.27. The molecule has 2 aromatic carbocycles. The maximum Gasteiger partial charge on any atom is 0.345 e. The molecule has 0 saturated heterocycles. The van der Waals surface area contributed by atoms with E-state index in [4.69, 9.17) is 16.0 Å². The van der Waals surface area contributed by atoms with E-state index in [-0.39, 0.29) is 0 Å². The van der Waals surface area contributed by atoms with E-state index in [2.05, 4.69) is 32.7 Å². The molecule has 0 saturated carbocycles. The maximum atomic E-state index is 12.6. The monoisotopic (exact) mass is 499 g/mol. The van der Waals surface area contributed by atoms with Gasteiger partial charge in [-0.05, 0) is 42.0 Å². The van der Waals surface area contributed by atoms with E-state index in [9.17, 15) is 4.79 Å². The van der Waals surface area contributed by atoms with Crippen molar-refractivity contribution in [3.63, 3.8) is 0 Å². The van der Waals surface area contributed by atoms with Gasteiger partial charge < -0.3 is 8.98 Å². The number of nitrogens with zero attached hydrogens (tertiary/aromatic N) is 3. The highest BCUT2D eigenvalue weighted by molar-refractivity contribution is 9.10. The van der Waals surface area contributed by atoms with Crippen molar-refractivity contribution in [2.75, 3.05) is 0 Å². The number of rotatable bonds is 5. The third kappa shape index (κ3) is 4.38. The number of thiazole rings is 1. The minimum absolute atomic E-state index is 0.406. The van der Waals surface area contributed by atoms with Crippen molar-refractivity contribution in [2.24, 2.45) is 10.2 Å². The zero-order chi connectivity index (χ0) is 21.1. The van der Waals surface area contributed by atoms with Gasteiger partial charge >= 0.3 is 5.63 Å². The van der Waals surface area contributed by atoms with E-state index < -0.39 is 5.63 Å². The van der Waals surface area contributed by atoms with Crippen LogP contribution >= 0.6 is 38.9 Å². The summed E-state index contributed by atoms with van der Waals surface area (Å²) < 4.78 is 8.30. The van der Waals surface area contributed by atoms with Crippen LogP contribution in [-0.2, 0) is 6.54 Å². The van der Waals surface area contributed by atoms with E-state index in [1.807, 2.05) is 40.3 Å². The third-order valence-corrected chi connectivity index (χ3v) is 5.90. The molecule has 0 radical (unpaired) electrons. The summed E-state index contributed by atoms with van der Waals surface area (Å²) in [5, 5.41) is 11.9. The van der Waals surface area contributed by atoms with Gasteiger partial charge in [-0.15, -0.1) is 23.0 Å². The van der Waals surface area contributed by atoms with E-state index in [1.165, 1.54) is 11.3 Å². The zero-order valence-electron chi connectivity index (χ0n) is 15.6. The highest BCUT2D eigenvalue weighted by Gasteiger charge is 2.13. The van der Waals surface area contributed by atoms with Gasteiger partial charge in [0.1, 0.15) is 5.58 Å². The molecule has 0 spiro atoms. The lowest BCUT2D eigenvalue weighted by molar-refractivity contribution is 0.562. The van der Waals surface area contributed by atoms with Crippen LogP contribution in [0.2, 0.25) is 5.02 Å². The van der Waals surface area contributed by atoms with Crippen molar-refractivity contribution in [1.82, 2.24) is 4.57 Å². The Hall–Kier alpha value is -2.74. The molecule has 0 unspecified atom stereocenters. The molecule has 0 aliphatic heterocycles. The second-order valence-electron chi connectivity index (χ2n) is 6.33. The SMILES string of the molecule is C=CCn1c(-c2cc3cc(Br)ccc3oc2=O)cs/c1=N/N=C/c1ccc(Cl)cc1. The maximum absolute atomic E-state index is 12.6. The Labute approximate surface area is 189 Å². The van der Waals surface area contributed by atoms with Crippen LogP contribution in [0.3, 0.4) is 0 Å². The number of benzene rings is 2. The quantitative estimate of drug-likeness (QED) is 0.149. The fourth-order valence-electron chi connectivity index (χ4n) is 2.90.